The van der Waals surface area contributed by atoms with E-state index in [1.165, 1.54) is 38.5 Å². The van der Waals surface area contributed by atoms with Gasteiger partial charge in [0, 0.05) is 12.1 Å². The van der Waals surface area contributed by atoms with Crippen molar-refractivity contribution in [3.63, 3.8) is 0 Å². The van der Waals surface area contributed by atoms with Gasteiger partial charge in [-0.05, 0) is 56.4 Å². The lowest BCUT2D eigenvalue weighted by Crippen LogP contribution is -2.47. The fourth-order valence-electron chi connectivity index (χ4n) is 3.73. The second-order valence-corrected chi connectivity index (χ2v) is 6.20. The molecule has 2 aliphatic rings. The summed E-state index contributed by atoms with van der Waals surface area (Å²) in [6, 6.07) is 1.47. The van der Waals surface area contributed by atoms with E-state index in [9.17, 15) is 0 Å². The molecule has 2 saturated carbocycles. The smallest absolute Gasteiger partial charge is 0.0110 e. The van der Waals surface area contributed by atoms with Gasteiger partial charge < -0.3 is 11.1 Å². The molecule has 0 aromatic carbocycles. The molecule has 2 fully saturated rings. The van der Waals surface area contributed by atoms with Crippen LogP contribution in [0, 0.1) is 17.8 Å². The number of nitrogens with one attached hydrogen (secondary N) is 1. The first-order valence-corrected chi connectivity index (χ1v) is 7.16. The third-order valence-corrected chi connectivity index (χ3v) is 4.82. The molecule has 0 spiro atoms. The minimum atomic E-state index is 0.714. The summed E-state index contributed by atoms with van der Waals surface area (Å²) in [5.74, 6) is 2.52. The molecule has 16 heavy (non-hydrogen) atoms. The quantitative estimate of drug-likeness (QED) is 0.773. The van der Waals surface area contributed by atoms with Crippen LogP contribution in [0.15, 0.2) is 0 Å². The van der Waals surface area contributed by atoms with Gasteiger partial charge in [-0.3, -0.25) is 0 Å². The van der Waals surface area contributed by atoms with Crippen molar-refractivity contribution in [2.24, 2.45) is 23.5 Å². The zero-order valence-electron chi connectivity index (χ0n) is 10.9. The lowest BCUT2D eigenvalue weighted by molar-refractivity contribution is 0.202. The van der Waals surface area contributed by atoms with Gasteiger partial charge in [-0.25, -0.2) is 0 Å². The Bertz CT molecular complexity index is 217. The predicted molar refractivity (Wildman–Crippen MR) is 69.3 cm³/mol. The first kappa shape index (κ1) is 12.4. The molecule has 2 nitrogen and oxygen atoms in total. The third kappa shape index (κ3) is 2.78. The maximum absolute atomic E-state index is 5.85. The minimum absolute atomic E-state index is 0.714. The molecule has 3 N–H and O–H groups in total. The first-order chi connectivity index (χ1) is 7.70. The Morgan fingerprint density at radius 1 is 1.06 bits per heavy atom. The lowest BCUT2D eigenvalue weighted by atomic mass is 9.79. The van der Waals surface area contributed by atoms with Crippen molar-refractivity contribution in [3.8, 4) is 0 Å². The summed E-state index contributed by atoms with van der Waals surface area (Å²) in [5.41, 5.74) is 5.85. The molecular weight excluding hydrogens is 196 g/mol. The largest absolute Gasteiger partial charge is 0.330 e. The van der Waals surface area contributed by atoms with E-state index in [4.69, 9.17) is 5.73 Å². The summed E-state index contributed by atoms with van der Waals surface area (Å²) in [7, 11) is 0. The normalized spacial score (nSPS) is 44.8. The number of nitrogens with two attached hydrogens (primary N) is 1. The van der Waals surface area contributed by atoms with Crippen LogP contribution in [0.1, 0.15) is 52.4 Å². The van der Waals surface area contributed by atoms with Gasteiger partial charge in [0.1, 0.15) is 0 Å². The van der Waals surface area contributed by atoms with Gasteiger partial charge in [-0.15, -0.1) is 0 Å². The summed E-state index contributed by atoms with van der Waals surface area (Å²) in [5, 5.41) is 3.91. The highest BCUT2D eigenvalue weighted by Crippen LogP contribution is 2.31. The highest BCUT2D eigenvalue weighted by molar-refractivity contribution is 4.89. The SMILES string of the molecule is CC1CCC(NC2CCCC2CN)C(C)C1. The van der Waals surface area contributed by atoms with E-state index >= 15 is 0 Å². The molecule has 2 heteroatoms. The molecule has 0 radical (unpaired) electrons. The maximum Gasteiger partial charge on any atom is 0.0110 e. The molecule has 0 aromatic rings. The Kier molecular flexibility index (Phi) is 4.26. The fourth-order valence-corrected chi connectivity index (χ4v) is 3.73. The third-order valence-electron chi connectivity index (χ3n) is 4.82. The van der Waals surface area contributed by atoms with Crippen molar-refractivity contribution in [1.82, 2.24) is 5.32 Å². The van der Waals surface area contributed by atoms with Gasteiger partial charge in [0.25, 0.3) is 0 Å². The molecule has 0 aliphatic heterocycles. The van der Waals surface area contributed by atoms with Crippen LogP contribution < -0.4 is 11.1 Å². The standard InChI is InChI=1S/C14H28N2/c1-10-6-7-13(11(2)8-10)16-14-5-3-4-12(14)9-15/h10-14,16H,3-9,15H2,1-2H3. The van der Waals surface area contributed by atoms with Crippen molar-refractivity contribution < 1.29 is 0 Å². The van der Waals surface area contributed by atoms with Crippen molar-refractivity contribution in [2.75, 3.05) is 6.54 Å². The number of hydrogen-bond acceptors (Lipinski definition) is 2. The number of hydrogen-bond donors (Lipinski definition) is 2. The second kappa shape index (κ2) is 5.50. The second-order valence-electron chi connectivity index (χ2n) is 6.20. The van der Waals surface area contributed by atoms with E-state index in [1.54, 1.807) is 0 Å². The van der Waals surface area contributed by atoms with Crippen molar-refractivity contribution >= 4 is 0 Å². The Morgan fingerprint density at radius 3 is 2.56 bits per heavy atom. The molecule has 0 saturated heterocycles. The van der Waals surface area contributed by atoms with Crippen LogP contribution in [0.4, 0.5) is 0 Å². The summed E-state index contributed by atoms with van der Waals surface area (Å²) in [6.45, 7) is 5.68. The number of rotatable bonds is 3. The zero-order chi connectivity index (χ0) is 11.5. The molecule has 5 atom stereocenters. The molecule has 94 valence electrons. The summed E-state index contributed by atoms with van der Waals surface area (Å²) in [4.78, 5) is 0. The van der Waals surface area contributed by atoms with E-state index in [1.807, 2.05) is 0 Å². The minimum Gasteiger partial charge on any atom is -0.330 e. The molecule has 2 aliphatic carbocycles. The fraction of sp³-hybridized carbons (Fsp3) is 1.00. The average molecular weight is 224 g/mol. The Hall–Kier alpha value is -0.0800. The van der Waals surface area contributed by atoms with Crippen LogP contribution in [-0.4, -0.2) is 18.6 Å². The van der Waals surface area contributed by atoms with Crippen LogP contribution >= 0.6 is 0 Å². The molecule has 0 amide bonds. The summed E-state index contributed by atoms with van der Waals surface area (Å²) >= 11 is 0. The highest BCUT2D eigenvalue weighted by Gasteiger charge is 2.31. The van der Waals surface area contributed by atoms with E-state index in [0.717, 1.165) is 30.3 Å². The van der Waals surface area contributed by atoms with Gasteiger partial charge in [-0.2, -0.15) is 0 Å². The molecule has 0 bridgehead atoms. The molecular formula is C14H28N2. The average Bonchev–Trinajstić information content (AvgIpc) is 2.69. The van der Waals surface area contributed by atoms with Crippen molar-refractivity contribution in [2.45, 2.75) is 64.5 Å². The highest BCUT2D eigenvalue weighted by atomic mass is 15.0. The predicted octanol–water partition coefficient (Wildman–Crippen LogP) is 2.53. The molecule has 0 aromatic heterocycles. The first-order valence-electron chi connectivity index (χ1n) is 7.16. The molecule has 0 heterocycles. The van der Waals surface area contributed by atoms with Crippen LogP contribution in [0.3, 0.4) is 0 Å². The van der Waals surface area contributed by atoms with Crippen LogP contribution in [0.5, 0.6) is 0 Å². The van der Waals surface area contributed by atoms with E-state index in [-0.39, 0.29) is 0 Å². The summed E-state index contributed by atoms with van der Waals surface area (Å²) < 4.78 is 0. The lowest BCUT2D eigenvalue weighted by Gasteiger charge is -2.36. The van der Waals surface area contributed by atoms with Gasteiger partial charge in [-0.1, -0.05) is 20.3 Å². The van der Waals surface area contributed by atoms with Gasteiger partial charge in [0.2, 0.25) is 0 Å². The van der Waals surface area contributed by atoms with Gasteiger partial charge in [0.05, 0.1) is 0 Å². The van der Waals surface area contributed by atoms with Crippen molar-refractivity contribution in [1.29, 1.82) is 0 Å². The summed E-state index contributed by atoms with van der Waals surface area (Å²) in [6.07, 6.45) is 8.24. The maximum atomic E-state index is 5.85. The molecule has 5 unspecified atom stereocenters. The van der Waals surface area contributed by atoms with Crippen LogP contribution in [0.2, 0.25) is 0 Å². The van der Waals surface area contributed by atoms with Gasteiger partial charge >= 0.3 is 0 Å². The van der Waals surface area contributed by atoms with Crippen LogP contribution in [-0.2, 0) is 0 Å². The Morgan fingerprint density at radius 2 is 1.88 bits per heavy atom. The monoisotopic (exact) mass is 224 g/mol. The van der Waals surface area contributed by atoms with Crippen LogP contribution in [0.25, 0.3) is 0 Å². The topological polar surface area (TPSA) is 38.0 Å². The Balaban J connectivity index is 1.84. The van der Waals surface area contributed by atoms with Gasteiger partial charge in [0.15, 0.2) is 0 Å². The van der Waals surface area contributed by atoms with E-state index < -0.39 is 0 Å². The zero-order valence-corrected chi connectivity index (χ0v) is 10.9. The van der Waals surface area contributed by atoms with E-state index in [2.05, 4.69) is 19.2 Å². The van der Waals surface area contributed by atoms with E-state index in [0.29, 0.717) is 6.04 Å². The van der Waals surface area contributed by atoms with Crippen molar-refractivity contribution in [3.05, 3.63) is 0 Å². The Labute approximate surface area is 100 Å². The molecule has 2 rings (SSSR count).